The van der Waals surface area contributed by atoms with Gasteiger partial charge in [-0.25, -0.2) is 0 Å². The highest BCUT2D eigenvalue weighted by molar-refractivity contribution is 5.96. The molecule has 0 bridgehead atoms. The minimum atomic E-state index is -0.662. The summed E-state index contributed by atoms with van der Waals surface area (Å²) in [6.45, 7) is -0.412. The lowest BCUT2D eigenvalue weighted by Crippen LogP contribution is -2.20. The SMILES string of the molecule is O=Cc1ccc(OCC(=O)Nc2ccccc2-c2ccccc2)c([N+](=O)[O-])c1. The van der Waals surface area contributed by atoms with Crippen molar-refractivity contribution in [3.8, 4) is 16.9 Å². The van der Waals surface area contributed by atoms with Crippen molar-refractivity contribution in [2.45, 2.75) is 0 Å². The second-order valence-corrected chi connectivity index (χ2v) is 5.85. The fourth-order valence-electron chi connectivity index (χ4n) is 2.66. The van der Waals surface area contributed by atoms with E-state index in [1.54, 1.807) is 12.1 Å². The van der Waals surface area contributed by atoms with Crippen molar-refractivity contribution in [2.24, 2.45) is 0 Å². The van der Waals surface area contributed by atoms with Crippen molar-refractivity contribution < 1.29 is 19.2 Å². The Hall–Kier alpha value is -4.00. The minimum Gasteiger partial charge on any atom is -0.477 e. The van der Waals surface area contributed by atoms with Gasteiger partial charge in [0, 0.05) is 22.9 Å². The first-order valence-corrected chi connectivity index (χ1v) is 8.39. The number of aldehydes is 1. The van der Waals surface area contributed by atoms with Crippen LogP contribution < -0.4 is 10.1 Å². The Morgan fingerprint density at radius 2 is 1.75 bits per heavy atom. The van der Waals surface area contributed by atoms with Crippen LogP contribution in [0.25, 0.3) is 11.1 Å². The maximum Gasteiger partial charge on any atom is 0.311 e. The van der Waals surface area contributed by atoms with Crippen LogP contribution in [0.1, 0.15) is 10.4 Å². The van der Waals surface area contributed by atoms with E-state index in [1.165, 1.54) is 12.1 Å². The van der Waals surface area contributed by atoms with Crippen LogP contribution in [0.15, 0.2) is 72.8 Å². The number of amides is 1. The van der Waals surface area contributed by atoms with Gasteiger partial charge in [0.25, 0.3) is 5.91 Å². The molecule has 7 nitrogen and oxygen atoms in total. The summed E-state index contributed by atoms with van der Waals surface area (Å²) in [4.78, 5) is 33.6. The first kappa shape index (κ1) is 18.8. The van der Waals surface area contributed by atoms with Crippen LogP contribution in [0.3, 0.4) is 0 Å². The Labute approximate surface area is 160 Å². The van der Waals surface area contributed by atoms with Gasteiger partial charge in [0.15, 0.2) is 12.4 Å². The van der Waals surface area contributed by atoms with Crippen LogP contribution in [-0.2, 0) is 4.79 Å². The second kappa shape index (κ2) is 8.59. The number of nitrogens with one attached hydrogen (secondary N) is 1. The highest BCUT2D eigenvalue weighted by Crippen LogP contribution is 2.29. The molecule has 0 unspecified atom stereocenters. The molecule has 0 saturated heterocycles. The van der Waals surface area contributed by atoms with E-state index < -0.39 is 17.4 Å². The molecule has 0 aromatic heterocycles. The van der Waals surface area contributed by atoms with Gasteiger partial charge in [0.1, 0.15) is 6.29 Å². The van der Waals surface area contributed by atoms with Gasteiger partial charge in [0.2, 0.25) is 0 Å². The minimum absolute atomic E-state index is 0.0814. The Morgan fingerprint density at radius 1 is 1.04 bits per heavy atom. The van der Waals surface area contributed by atoms with Crippen LogP contribution in [-0.4, -0.2) is 23.7 Å². The van der Waals surface area contributed by atoms with E-state index in [0.29, 0.717) is 12.0 Å². The molecular weight excluding hydrogens is 360 g/mol. The highest BCUT2D eigenvalue weighted by atomic mass is 16.6. The first-order valence-electron chi connectivity index (χ1n) is 8.39. The van der Waals surface area contributed by atoms with E-state index in [2.05, 4.69) is 5.32 Å². The predicted molar refractivity (Wildman–Crippen MR) is 104 cm³/mol. The summed E-state index contributed by atoms with van der Waals surface area (Å²) in [5.41, 5.74) is 2.17. The van der Waals surface area contributed by atoms with Gasteiger partial charge in [-0.15, -0.1) is 0 Å². The molecule has 0 aliphatic carbocycles. The summed E-state index contributed by atoms with van der Waals surface area (Å²) in [7, 11) is 0. The monoisotopic (exact) mass is 376 g/mol. The van der Waals surface area contributed by atoms with Crippen LogP contribution in [0.5, 0.6) is 5.75 Å². The number of nitrogens with zero attached hydrogens (tertiary/aromatic N) is 1. The number of benzene rings is 3. The highest BCUT2D eigenvalue weighted by Gasteiger charge is 2.17. The van der Waals surface area contributed by atoms with Crippen molar-refractivity contribution in [1.29, 1.82) is 0 Å². The fourth-order valence-corrected chi connectivity index (χ4v) is 2.66. The molecule has 0 radical (unpaired) electrons. The Morgan fingerprint density at radius 3 is 2.46 bits per heavy atom. The number of para-hydroxylation sites is 1. The Kier molecular flexibility index (Phi) is 5.76. The summed E-state index contributed by atoms with van der Waals surface area (Å²) >= 11 is 0. The quantitative estimate of drug-likeness (QED) is 0.380. The van der Waals surface area contributed by atoms with Crippen LogP contribution in [0, 0.1) is 10.1 Å². The number of ether oxygens (including phenoxy) is 1. The summed E-state index contributed by atoms with van der Waals surface area (Å²) in [6, 6.07) is 20.7. The number of carbonyl (C=O) groups is 2. The number of nitro groups is 1. The molecule has 1 amide bonds. The second-order valence-electron chi connectivity index (χ2n) is 5.85. The van der Waals surface area contributed by atoms with Crippen molar-refractivity contribution >= 4 is 23.6 Å². The molecule has 0 atom stereocenters. The summed E-state index contributed by atoms with van der Waals surface area (Å²) in [6.07, 6.45) is 0.504. The summed E-state index contributed by atoms with van der Waals surface area (Å²) in [5, 5.41) is 13.9. The lowest BCUT2D eigenvalue weighted by Gasteiger charge is -2.12. The van der Waals surface area contributed by atoms with Crippen LogP contribution in [0.4, 0.5) is 11.4 Å². The van der Waals surface area contributed by atoms with E-state index in [1.807, 2.05) is 42.5 Å². The standard InChI is InChI=1S/C21H16N2O5/c24-13-15-10-11-20(19(12-15)23(26)27)28-14-21(25)22-18-9-5-4-8-17(18)16-6-2-1-3-7-16/h1-13H,14H2,(H,22,25). The van der Waals surface area contributed by atoms with Crippen molar-refractivity contribution in [3.05, 3.63) is 88.5 Å². The third-order valence-corrected chi connectivity index (χ3v) is 3.96. The average molecular weight is 376 g/mol. The molecule has 0 aliphatic rings. The molecule has 1 N–H and O–H groups in total. The predicted octanol–water partition coefficient (Wildman–Crippen LogP) is 4.09. The third kappa shape index (κ3) is 4.39. The number of carbonyl (C=O) groups excluding carboxylic acids is 2. The van der Waals surface area contributed by atoms with Crippen LogP contribution in [0.2, 0.25) is 0 Å². The molecule has 0 aliphatic heterocycles. The van der Waals surface area contributed by atoms with E-state index in [4.69, 9.17) is 4.74 Å². The van der Waals surface area contributed by atoms with Crippen molar-refractivity contribution in [2.75, 3.05) is 11.9 Å². The largest absolute Gasteiger partial charge is 0.477 e. The van der Waals surface area contributed by atoms with Gasteiger partial charge in [-0.05, 0) is 23.8 Å². The molecule has 0 heterocycles. The van der Waals surface area contributed by atoms with Gasteiger partial charge in [-0.3, -0.25) is 19.7 Å². The maximum atomic E-state index is 12.3. The van der Waals surface area contributed by atoms with E-state index in [9.17, 15) is 19.7 Å². The number of hydrogen-bond acceptors (Lipinski definition) is 5. The summed E-state index contributed by atoms with van der Waals surface area (Å²) < 4.78 is 5.31. The molecular formula is C21H16N2O5. The van der Waals surface area contributed by atoms with Gasteiger partial charge in [0.05, 0.1) is 4.92 Å². The molecule has 7 heteroatoms. The molecule has 3 aromatic carbocycles. The normalized spacial score (nSPS) is 10.1. The molecule has 0 spiro atoms. The number of hydrogen-bond donors (Lipinski definition) is 1. The Balaban J connectivity index is 1.73. The van der Waals surface area contributed by atoms with Crippen molar-refractivity contribution in [1.82, 2.24) is 0 Å². The maximum absolute atomic E-state index is 12.3. The molecule has 0 saturated carbocycles. The van der Waals surface area contributed by atoms with Gasteiger partial charge in [-0.1, -0.05) is 48.5 Å². The van der Waals surface area contributed by atoms with Crippen LogP contribution >= 0.6 is 0 Å². The van der Waals surface area contributed by atoms with E-state index in [0.717, 1.165) is 17.2 Å². The Bertz CT molecular complexity index is 1020. The van der Waals surface area contributed by atoms with E-state index in [-0.39, 0.29) is 17.0 Å². The average Bonchev–Trinajstić information content (AvgIpc) is 2.73. The van der Waals surface area contributed by atoms with Gasteiger partial charge < -0.3 is 10.1 Å². The number of nitro benzene ring substituents is 1. The van der Waals surface area contributed by atoms with Gasteiger partial charge >= 0.3 is 5.69 Å². The number of rotatable bonds is 7. The molecule has 0 fully saturated rings. The zero-order chi connectivity index (χ0) is 19.9. The number of anilines is 1. The summed E-state index contributed by atoms with van der Waals surface area (Å²) in [5.74, 6) is -0.542. The topological polar surface area (TPSA) is 98.5 Å². The fraction of sp³-hybridized carbons (Fsp3) is 0.0476. The van der Waals surface area contributed by atoms with Gasteiger partial charge in [-0.2, -0.15) is 0 Å². The van der Waals surface area contributed by atoms with E-state index >= 15 is 0 Å². The molecule has 140 valence electrons. The lowest BCUT2D eigenvalue weighted by molar-refractivity contribution is -0.385. The molecule has 28 heavy (non-hydrogen) atoms. The zero-order valence-corrected chi connectivity index (χ0v) is 14.7. The lowest BCUT2D eigenvalue weighted by atomic mass is 10.0. The first-order chi connectivity index (χ1) is 13.6. The van der Waals surface area contributed by atoms with Crippen molar-refractivity contribution in [3.63, 3.8) is 0 Å². The smallest absolute Gasteiger partial charge is 0.311 e. The molecule has 3 aromatic rings. The zero-order valence-electron chi connectivity index (χ0n) is 14.7. The molecule has 3 rings (SSSR count). The third-order valence-electron chi connectivity index (χ3n) is 3.96.